The minimum Gasteiger partial charge on any atom is -0.494 e. The van der Waals surface area contributed by atoms with E-state index in [-0.39, 0.29) is 18.3 Å². The van der Waals surface area contributed by atoms with E-state index < -0.39 is 0 Å². The van der Waals surface area contributed by atoms with Crippen LogP contribution in [0.25, 0.3) is 0 Å². The van der Waals surface area contributed by atoms with Crippen LogP contribution in [0.15, 0.2) is 47.6 Å². The molecular weight excluding hydrogens is 436 g/mol. The van der Waals surface area contributed by atoms with Crippen molar-refractivity contribution in [3.05, 3.63) is 58.9 Å². The van der Waals surface area contributed by atoms with Gasteiger partial charge in [0.1, 0.15) is 18.1 Å². The lowest BCUT2D eigenvalue weighted by Crippen LogP contribution is -2.15. The Morgan fingerprint density at radius 2 is 1.90 bits per heavy atom. The summed E-state index contributed by atoms with van der Waals surface area (Å²) in [7, 11) is 0. The van der Waals surface area contributed by atoms with Gasteiger partial charge in [0.2, 0.25) is 5.91 Å². The first-order valence-electron chi connectivity index (χ1n) is 9.96. The molecule has 0 bridgehead atoms. The van der Waals surface area contributed by atoms with Crippen LogP contribution in [0.3, 0.4) is 0 Å². The minimum absolute atomic E-state index is 0.116. The van der Waals surface area contributed by atoms with Crippen LogP contribution >= 0.6 is 23.4 Å². The summed E-state index contributed by atoms with van der Waals surface area (Å²) in [5, 5.41) is 12.7. The second-order valence-corrected chi connectivity index (χ2v) is 8.01. The molecule has 0 aliphatic heterocycles. The highest BCUT2D eigenvalue weighted by Gasteiger charge is 2.14. The Bertz CT molecular complexity index is 1020. The van der Waals surface area contributed by atoms with E-state index in [2.05, 4.69) is 15.5 Å². The number of carbonyl (C=O) groups is 1. The number of nitrogens with zero attached hydrogens (tertiary/aromatic N) is 3. The minimum atomic E-state index is -0.116. The molecule has 0 fully saturated rings. The largest absolute Gasteiger partial charge is 0.494 e. The number of halogens is 1. The van der Waals surface area contributed by atoms with Crippen LogP contribution < -0.4 is 14.8 Å². The Morgan fingerprint density at radius 1 is 1.13 bits per heavy atom. The number of aryl methyl sites for hydroxylation is 1. The monoisotopic (exact) mass is 460 g/mol. The molecule has 31 heavy (non-hydrogen) atoms. The molecule has 0 saturated heterocycles. The topological polar surface area (TPSA) is 78.3 Å². The smallest absolute Gasteiger partial charge is 0.234 e. The number of benzene rings is 2. The molecule has 0 radical (unpaired) electrons. The maximum absolute atomic E-state index is 12.3. The third-order valence-electron chi connectivity index (χ3n) is 4.38. The summed E-state index contributed by atoms with van der Waals surface area (Å²) in [5.74, 6) is 2.33. The molecule has 1 amide bonds. The molecule has 0 atom stereocenters. The molecule has 1 heterocycles. The highest BCUT2D eigenvalue weighted by atomic mass is 35.5. The second-order valence-electron chi connectivity index (χ2n) is 6.64. The van der Waals surface area contributed by atoms with Gasteiger partial charge in [0, 0.05) is 17.3 Å². The number of ether oxygens (including phenoxy) is 2. The van der Waals surface area contributed by atoms with Crippen molar-refractivity contribution in [1.82, 2.24) is 14.8 Å². The zero-order valence-electron chi connectivity index (χ0n) is 17.7. The predicted molar refractivity (Wildman–Crippen MR) is 123 cm³/mol. The van der Waals surface area contributed by atoms with Crippen molar-refractivity contribution >= 4 is 35.0 Å². The van der Waals surface area contributed by atoms with Gasteiger partial charge < -0.3 is 19.4 Å². The molecule has 0 spiro atoms. The summed E-state index contributed by atoms with van der Waals surface area (Å²) >= 11 is 7.33. The Balaban J connectivity index is 1.55. The third-order valence-corrected chi connectivity index (χ3v) is 5.59. The van der Waals surface area contributed by atoms with E-state index in [9.17, 15) is 4.79 Å². The molecule has 164 valence electrons. The number of hydrogen-bond acceptors (Lipinski definition) is 6. The molecule has 0 unspecified atom stereocenters. The van der Waals surface area contributed by atoms with Crippen LogP contribution in [0.2, 0.25) is 5.02 Å². The van der Waals surface area contributed by atoms with E-state index >= 15 is 0 Å². The predicted octanol–water partition coefficient (Wildman–Crippen LogP) is 4.97. The molecule has 3 aromatic rings. The molecule has 0 saturated carbocycles. The standard InChI is InChI=1S/C22H25ClN4O3S/c1-4-27-20(13-30-19-11-6-16(23)12-15(19)3)25-26-22(27)31-14-21(28)24-17-7-9-18(10-8-17)29-5-2/h6-12H,4-5,13-14H2,1-3H3,(H,24,28). The molecule has 7 nitrogen and oxygen atoms in total. The lowest BCUT2D eigenvalue weighted by atomic mass is 10.2. The third kappa shape index (κ3) is 6.38. The molecule has 1 aromatic heterocycles. The summed E-state index contributed by atoms with van der Waals surface area (Å²) in [6.45, 7) is 7.43. The Hall–Kier alpha value is -2.71. The molecule has 3 rings (SSSR count). The average Bonchev–Trinajstić information content (AvgIpc) is 3.15. The Kier molecular flexibility index (Phi) is 8.20. The van der Waals surface area contributed by atoms with Gasteiger partial charge in [-0.25, -0.2) is 0 Å². The fourth-order valence-corrected chi connectivity index (χ4v) is 3.94. The highest BCUT2D eigenvalue weighted by Crippen LogP contribution is 2.24. The summed E-state index contributed by atoms with van der Waals surface area (Å²) in [5.41, 5.74) is 1.68. The van der Waals surface area contributed by atoms with Gasteiger partial charge in [-0.15, -0.1) is 10.2 Å². The molecule has 2 aromatic carbocycles. The normalized spacial score (nSPS) is 10.7. The zero-order chi connectivity index (χ0) is 22.2. The zero-order valence-corrected chi connectivity index (χ0v) is 19.3. The van der Waals surface area contributed by atoms with Gasteiger partial charge >= 0.3 is 0 Å². The summed E-state index contributed by atoms with van der Waals surface area (Å²) in [6, 6.07) is 12.8. The first kappa shape index (κ1) is 23.0. The lowest BCUT2D eigenvalue weighted by Gasteiger charge is -2.11. The highest BCUT2D eigenvalue weighted by molar-refractivity contribution is 7.99. The van der Waals surface area contributed by atoms with Gasteiger partial charge in [-0.2, -0.15) is 0 Å². The first-order valence-corrected chi connectivity index (χ1v) is 11.3. The number of amides is 1. The van der Waals surface area contributed by atoms with Crippen LogP contribution in [-0.2, 0) is 17.9 Å². The van der Waals surface area contributed by atoms with Crippen molar-refractivity contribution in [2.24, 2.45) is 0 Å². The lowest BCUT2D eigenvalue weighted by molar-refractivity contribution is -0.113. The van der Waals surface area contributed by atoms with Crippen molar-refractivity contribution in [3.63, 3.8) is 0 Å². The van der Waals surface area contributed by atoms with Crippen LogP contribution in [0.1, 0.15) is 25.2 Å². The van der Waals surface area contributed by atoms with Crippen LogP contribution in [0.5, 0.6) is 11.5 Å². The van der Waals surface area contributed by atoms with Crippen LogP contribution in [0.4, 0.5) is 5.69 Å². The van der Waals surface area contributed by atoms with Crippen molar-refractivity contribution < 1.29 is 14.3 Å². The van der Waals surface area contributed by atoms with Gasteiger partial charge in [0.15, 0.2) is 11.0 Å². The van der Waals surface area contributed by atoms with Gasteiger partial charge in [-0.3, -0.25) is 4.79 Å². The Morgan fingerprint density at radius 3 is 2.58 bits per heavy atom. The number of anilines is 1. The maximum atomic E-state index is 12.3. The van der Waals surface area contributed by atoms with Crippen molar-refractivity contribution in [2.45, 2.75) is 39.1 Å². The fraction of sp³-hybridized carbons (Fsp3) is 0.318. The maximum Gasteiger partial charge on any atom is 0.234 e. The second kappa shape index (κ2) is 11.1. The van der Waals surface area contributed by atoms with E-state index in [1.165, 1.54) is 11.8 Å². The Labute approximate surface area is 191 Å². The molecule has 1 N–H and O–H groups in total. The van der Waals surface area contributed by atoms with Crippen LogP contribution in [0, 0.1) is 6.92 Å². The number of nitrogens with one attached hydrogen (secondary N) is 1. The van der Waals surface area contributed by atoms with Crippen molar-refractivity contribution in [2.75, 3.05) is 17.7 Å². The van der Waals surface area contributed by atoms with Gasteiger partial charge in [-0.1, -0.05) is 23.4 Å². The van der Waals surface area contributed by atoms with E-state index in [1.807, 2.05) is 61.7 Å². The van der Waals surface area contributed by atoms with Gasteiger partial charge in [-0.05, 0) is 68.8 Å². The summed E-state index contributed by atoms with van der Waals surface area (Å²) < 4.78 is 13.2. The number of aromatic nitrogens is 3. The number of carbonyl (C=O) groups excluding carboxylic acids is 1. The number of rotatable bonds is 10. The number of hydrogen-bond donors (Lipinski definition) is 1. The SMILES string of the molecule is CCOc1ccc(NC(=O)CSc2nnc(COc3ccc(Cl)cc3C)n2CC)cc1. The van der Waals surface area contributed by atoms with Gasteiger partial charge in [0.05, 0.1) is 12.4 Å². The van der Waals surface area contributed by atoms with Crippen molar-refractivity contribution in [1.29, 1.82) is 0 Å². The molecule has 0 aliphatic rings. The van der Waals surface area contributed by atoms with Crippen molar-refractivity contribution in [3.8, 4) is 11.5 Å². The summed E-state index contributed by atoms with van der Waals surface area (Å²) in [6.07, 6.45) is 0. The molecular formula is C22H25ClN4O3S. The fourth-order valence-electron chi connectivity index (χ4n) is 2.90. The van der Waals surface area contributed by atoms with E-state index in [4.69, 9.17) is 21.1 Å². The van der Waals surface area contributed by atoms with Crippen LogP contribution in [-0.4, -0.2) is 33.0 Å². The average molecular weight is 461 g/mol. The van der Waals surface area contributed by atoms with E-state index in [0.717, 1.165) is 22.7 Å². The van der Waals surface area contributed by atoms with E-state index in [0.29, 0.717) is 29.2 Å². The summed E-state index contributed by atoms with van der Waals surface area (Å²) in [4.78, 5) is 12.3. The van der Waals surface area contributed by atoms with Gasteiger partial charge in [0.25, 0.3) is 0 Å². The van der Waals surface area contributed by atoms with E-state index in [1.54, 1.807) is 6.07 Å². The molecule has 0 aliphatic carbocycles. The number of thioether (sulfide) groups is 1. The quantitative estimate of drug-likeness (QED) is 0.430. The first-order chi connectivity index (χ1) is 15.0. The molecule has 9 heteroatoms.